The molecule has 2 aliphatic rings. The van der Waals surface area contributed by atoms with Gasteiger partial charge in [0.15, 0.2) is 0 Å². The number of para-hydroxylation sites is 1. The maximum Gasteiger partial charge on any atom is 0.260 e. The van der Waals surface area contributed by atoms with Gasteiger partial charge in [-0.15, -0.1) is 0 Å². The fraction of sp³-hybridized carbons (Fsp3) is 0.172. The van der Waals surface area contributed by atoms with Gasteiger partial charge in [0.05, 0.1) is 17.0 Å². The highest BCUT2D eigenvalue weighted by Crippen LogP contribution is 2.58. The summed E-state index contributed by atoms with van der Waals surface area (Å²) in [6, 6.07) is 24.0. The first-order valence-electron chi connectivity index (χ1n) is 11.4. The van der Waals surface area contributed by atoms with Crippen molar-refractivity contribution in [3.8, 4) is 5.75 Å². The van der Waals surface area contributed by atoms with E-state index >= 15 is 0 Å². The number of hydrazine groups is 1. The molecule has 3 aromatic carbocycles. The molecule has 170 valence electrons. The zero-order valence-corrected chi connectivity index (χ0v) is 18.9. The van der Waals surface area contributed by atoms with E-state index < -0.39 is 17.3 Å². The first-order chi connectivity index (χ1) is 16.5. The number of aryl methyl sites for hydroxylation is 1. The van der Waals surface area contributed by atoms with Gasteiger partial charge in [-0.1, -0.05) is 85.0 Å². The molecular weight excluding hydrogens is 424 g/mol. The number of hydrogen-bond donors (Lipinski definition) is 2. The molecular formula is C29H26N2O3. The molecule has 5 nitrogen and oxygen atoms in total. The molecule has 3 atom stereocenters. The van der Waals surface area contributed by atoms with Crippen molar-refractivity contribution in [1.29, 1.82) is 0 Å². The number of phenols is 1. The van der Waals surface area contributed by atoms with E-state index in [9.17, 15) is 14.7 Å². The van der Waals surface area contributed by atoms with Crippen molar-refractivity contribution < 1.29 is 14.7 Å². The molecule has 1 heterocycles. The molecule has 0 radical (unpaired) electrons. The van der Waals surface area contributed by atoms with Gasteiger partial charge >= 0.3 is 0 Å². The standard InChI is InChI=1S/C29H26N2O3/c1-3-20-15-18-24-27(33)31(30-22-16-13-19(2)14-17-22)28(34)29(24,21-9-5-4-6-10-21)26(20)23-11-7-8-12-25(23)32/h3-17,24,26,30,32H,1,18H2,2H3/t24-,26+,29+/m0/s1. The topological polar surface area (TPSA) is 69.6 Å². The summed E-state index contributed by atoms with van der Waals surface area (Å²) in [7, 11) is 0. The SMILES string of the molecule is C=CC1=CC[C@H]2C(=O)N(Nc3ccc(C)cc3)C(=O)[C@@]2(c2ccccc2)[C@H]1c1ccccc1O. The van der Waals surface area contributed by atoms with Gasteiger partial charge < -0.3 is 5.11 Å². The highest BCUT2D eigenvalue weighted by molar-refractivity contribution is 6.12. The van der Waals surface area contributed by atoms with Crippen LogP contribution in [0.1, 0.15) is 29.0 Å². The van der Waals surface area contributed by atoms with E-state index in [1.54, 1.807) is 18.2 Å². The van der Waals surface area contributed by atoms with Gasteiger partial charge in [-0.2, -0.15) is 5.01 Å². The maximum atomic E-state index is 14.4. The van der Waals surface area contributed by atoms with Crippen LogP contribution in [0.25, 0.3) is 0 Å². The Kier molecular flexibility index (Phi) is 5.33. The number of carbonyl (C=O) groups is 2. The van der Waals surface area contributed by atoms with Crippen LogP contribution in [0.3, 0.4) is 0 Å². The average molecular weight is 451 g/mol. The Morgan fingerprint density at radius 2 is 1.68 bits per heavy atom. The predicted molar refractivity (Wildman–Crippen MR) is 132 cm³/mol. The molecule has 0 unspecified atom stereocenters. The number of aromatic hydroxyl groups is 1. The summed E-state index contributed by atoms with van der Waals surface area (Å²) < 4.78 is 0. The van der Waals surface area contributed by atoms with Crippen molar-refractivity contribution >= 4 is 17.5 Å². The van der Waals surface area contributed by atoms with Gasteiger partial charge in [0, 0.05) is 11.5 Å². The smallest absolute Gasteiger partial charge is 0.260 e. The number of allylic oxidation sites excluding steroid dienone is 3. The molecule has 1 aliphatic heterocycles. The first kappa shape index (κ1) is 21.7. The molecule has 2 N–H and O–H groups in total. The number of anilines is 1. The number of phenolic OH excluding ortho intramolecular Hbond substituents is 1. The highest BCUT2D eigenvalue weighted by atomic mass is 16.3. The molecule has 0 spiro atoms. The minimum absolute atomic E-state index is 0.0846. The van der Waals surface area contributed by atoms with Crippen LogP contribution >= 0.6 is 0 Å². The molecule has 5 heteroatoms. The largest absolute Gasteiger partial charge is 0.508 e. The summed E-state index contributed by atoms with van der Waals surface area (Å²) in [5.41, 5.74) is 5.73. The number of fused-ring (bicyclic) bond motifs is 1. The second kappa shape index (κ2) is 8.34. The van der Waals surface area contributed by atoms with E-state index in [0.29, 0.717) is 17.7 Å². The lowest BCUT2D eigenvalue weighted by molar-refractivity contribution is -0.138. The molecule has 3 aromatic rings. The number of benzene rings is 3. The Morgan fingerprint density at radius 3 is 2.35 bits per heavy atom. The molecule has 34 heavy (non-hydrogen) atoms. The van der Waals surface area contributed by atoms with Crippen LogP contribution in [-0.4, -0.2) is 21.9 Å². The molecule has 2 amide bonds. The lowest BCUT2D eigenvalue weighted by atomic mass is 9.56. The minimum atomic E-state index is -1.23. The van der Waals surface area contributed by atoms with Crippen molar-refractivity contribution in [2.75, 3.05) is 5.43 Å². The number of imide groups is 1. The number of nitrogens with one attached hydrogen (secondary N) is 1. The Balaban J connectivity index is 1.73. The van der Waals surface area contributed by atoms with Crippen LogP contribution in [-0.2, 0) is 15.0 Å². The average Bonchev–Trinajstić information content (AvgIpc) is 3.08. The molecule has 0 saturated carbocycles. The molecule has 1 saturated heterocycles. The molecule has 1 aliphatic carbocycles. The Bertz CT molecular complexity index is 1300. The summed E-state index contributed by atoms with van der Waals surface area (Å²) in [5, 5.41) is 12.0. The van der Waals surface area contributed by atoms with Gasteiger partial charge in [-0.05, 0) is 42.7 Å². The van der Waals surface area contributed by atoms with E-state index in [1.807, 2.05) is 79.7 Å². The lowest BCUT2D eigenvalue weighted by Crippen LogP contribution is -2.48. The zero-order chi connectivity index (χ0) is 23.9. The monoisotopic (exact) mass is 450 g/mol. The Hall–Kier alpha value is -4.12. The number of carbonyl (C=O) groups excluding carboxylic acids is 2. The van der Waals surface area contributed by atoms with Crippen LogP contribution < -0.4 is 5.43 Å². The van der Waals surface area contributed by atoms with Crippen LogP contribution in [0.4, 0.5) is 5.69 Å². The summed E-state index contributed by atoms with van der Waals surface area (Å²) in [6.45, 7) is 5.97. The van der Waals surface area contributed by atoms with Crippen molar-refractivity contribution in [1.82, 2.24) is 5.01 Å². The number of amides is 2. The van der Waals surface area contributed by atoms with Gasteiger partial charge in [0.25, 0.3) is 11.8 Å². The van der Waals surface area contributed by atoms with Gasteiger partial charge in [-0.3, -0.25) is 15.0 Å². The quantitative estimate of drug-likeness (QED) is 0.521. The van der Waals surface area contributed by atoms with Crippen molar-refractivity contribution in [3.63, 3.8) is 0 Å². The molecule has 0 aromatic heterocycles. The maximum absolute atomic E-state index is 14.4. The number of hydrogen-bond acceptors (Lipinski definition) is 4. The second-order valence-electron chi connectivity index (χ2n) is 8.88. The van der Waals surface area contributed by atoms with E-state index in [4.69, 9.17) is 0 Å². The van der Waals surface area contributed by atoms with Crippen LogP contribution in [0, 0.1) is 12.8 Å². The van der Waals surface area contributed by atoms with Crippen molar-refractivity contribution in [2.45, 2.75) is 24.7 Å². The lowest BCUT2D eigenvalue weighted by Gasteiger charge is -2.43. The van der Waals surface area contributed by atoms with E-state index in [2.05, 4.69) is 12.0 Å². The fourth-order valence-corrected chi connectivity index (χ4v) is 5.46. The van der Waals surface area contributed by atoms with Crippen LogP contribution in [0.5, 0.6) is 5.75 Å². The minimum Gasteiger partial charge on any atom is -0.508 e. The van der Waals surface area contributed by atoms with Crippen molar-refractivity contribution in [2.24, 2.45) is 5.92 Å². The van der Waals surface area contributed by atoms with E-state index in [-0.39, 0.29) is 17.6 Å². The first-order valence-corrected chi connectivity index (χ1v) is 11.4. The van der Waals surface area contributed by atoms with Gasteiger partial charge in [-0.25, -0.2) is 0 Å². The predicted octanol–water partition coefficient (Wildman–Crippen LogP) is 5.25. The van der Waals surface area contributed by atoms with E-state index in [1.165, 1.54) is 0 Å². The van der Waals surface area contributed by atoms with Gasteiger partial charge in [0.2, 0.25) is 0 Å². The molecule has 5 rings (SSSR count). The summed E-state index contributed by atoms with van der Waals surface area (Å²) >= 11 is 0. The highest BCUT2D eigenvalue weighted by Gasteiger charge is 2.66. The third-order valence-electron chi connectivity index (χ3n) is 7.03. The second-order valence-corrected chi connectivity index (χ2v) is 8.88. The fourth-order valence-electron chi connectivity index (χ4n) is 5.46. The Labute approximate surface area is 199 Å². The zero-order valence-electron chi connectivity index (χ0n) is 18.9. The molecule has 0 bridgehead atoms. The van der Waals surface area contributed by atoms with Crippen LogP contribution in [0.15, 0.2) is 103 Å². The Morgan fingerprint density at radius 1 is 1.00 bits per heavy atom. The number of nitrogens with zero attached hydrogens (tertiary/aromatic N) is 1. The van der Waals surface area contributed by atoms with Crippen LogP contribution in [0.2, 0.25) is 0 Å². The number of rotatable bonds is 5. The third-order valence-corrected chi connectivity index (χ3v) is 7.03. The summed E-state index contributed by atoms with van der Waals surface area (Å²) in [6.07, 6.45) is 4.10. The van der Waals surface area contributed by atoms with Crippen molar-refractivity contribution in [3.05, 3.63) is 120 Å². The van der Waals surface area contributed by atoms with Gasteiger partial charge in [0.1, 0.15) is 5.75 Å². The van der Waals surface area contributed by atoms with E-state index in [0.717, 1.165) is 21.7 Å². The third kappa shape index (κ3) is 3.16. The normalized spacial score (nSPS) is 23.9. The molecule has 1 fully saturated rings. The summed E-state index contributed by atoms with van der Waals surface area (Å²) in [4.78, 5) is 28.2. The summed E-state index contributed by atoms with van der Waals surface area (Å²) in [5.74, 6) is -1.74.